The lowest BCUT2D eigenvalue weighted by molar-refractivity contribution is -0.0539. The average molecular weight is 207 g/mol. The van der Waals surface area contributed by atoms with Gasteiger partial charge in [0.05, 0.1) is 0 Å². The van der Waals surface area contributed by atoms with Crippen molar-refractivity contribution in [2.45, 2.75) is 19.6 Å². The van der Waals surface area contributed by atoms with E-state index in [-0.39, 0.29) is 6.23 Å². The molecule has 1 aliphatic heterocycles. The zero-order chi connectivity index (χ0) is 9.68. The minimum atomic E-state index is -0.295. The molecule has 78 valence electrons. The number of β-amino-alcohol motifs (C(OH)–C–C–N with tert-alkyl or cyclic N) is 1. The van der Waals surface area contributed by atoms with Crippen molar-refractivity contribution in [2.75, 3.05) is 38.6 Å². The second-order valence-electron chi connectivity index (χ2n) is 3.45. The first kappa shape index (κ1) is 11.2. The predicted molar refractivity (Wildman–Crippen MR) is 55.0 cm³/mol. The van der Waals surface area contributed by atoms with E-state index in [0.717, 1.165) is 39.1 Å². The van der Waals surface area contributed by atoms with Crippen LogP contribution in [-0.2, 0) is 0 Å². The Morgan fingerprint density at radius 2 is 2.23 bits per heavy atom. The van der Waals surface area contributed by atoms with Crippen molar-refractivity contribution in [1.29, 1.82) is 0 Å². The molecule has 3 nitrogen and oxygen atoms in total. The Morgan fingerprint density at radius 1 is 1.46 bits per heavy atom. The van der Waals surface area contributed by atoms with Crippen molar-refractivity contribution in [2.24, 2.45) is 0 Å². The van der Waals surface area contributed by atoms with Gasteiger partial charge in [-0.25, -0.2) is 0 Å². The number of rotatable bonds is 4. The van der Waals surface area contributed by atoms with Crippen molar-refractivity contribution in [3.63, 3.8) is 0 Å². The highest BCUT2D eigenvalue weighted by Gasteiger charge is 2.23. The topological polar surface area (TPSA) is 26.7 Å². The van der Waals surface area contributed by atoms with E-state index in [1.807, 2.05) is 0 Å². The second-order valence-corrected chi connectivity index (χ2v) is 3.83. The first-order valence-electron chi connectivity index (χ1n) is 4.98. The lowest BCUT2D eigenvalue weighted by Crippen LogP contribution is -2.53. The standard InChI is InChI=1S/C9H19ClN2O/c1-2-11-6-7-12(5-3-4-10)9(13)8-11/h9,13H,2-8H2,1H3. The van der Waals surface area contributed by atoms with Crippen LogP contribution >= 0.6 is 11.6 Å². The number of halogens is 1. The molecule has 0 bridgehead atoms. The van der Waals surface area contributed by atoms with Crippen molar-refractivity contribution < 1.29 is 5.11 Å². The molecule has 0 aromatic heterocycles. The van der Waals surface area contributed by atoms with Crippen molar-refractivity contribution in [3.05, 3.63) is 0 Å². The normalized spacial score (nSPS) is 26.5. The van der Waals surface area contributed by atoms with Gasteiger partial charge in [-0.3, -0.25) is 9.80 Å². The van der Waals surface area contributed by atoms with Crippen LogP contribution in [0.4, 0.5) is 0 Å². The predicted octanol–water partition coefficient (Wildman–Crippen LogP) is 0.571. The maximum Gasteiger partial charge on any atom is 0.120 e. The molecule has 1 aliphatic rings. The maximum absolute atomic E-state index is 9.74. The molecular weight excluding hydrogens is 188 g/mol. The molecule has 0 aromatic rings. The Balaban J connectivity index is 2.26. The Hall–Kier alpha value is 0.170. The fourth-order valence-corrected chi connectivity index (χ4v) is 1.79. The van der Waals surface area contributed by atoms with Gasteiger partial charge in [-0.1, -0.05) is 6.92 Å². The Kier molecular flexibility index (Phi) is 5.02. The summed E-state index contributed by atoms with van der Waals surface area (Å²) in [4.78, 5) is 4.37. The summed E-state index contributed by atoms with van der Waals surface area (Å²) in [6, 6.07) is 0. The minimum Gasteiger partial charge on any atom is -0.377 e. The number of hydrogen-bond acceptors (Lipinski definition) is 3. The third-order valence-corrected chi connectivity index (χ3v) is 2.84. The SMILES string of the molecule is CCN1CCN(CCCCl)C(O)C1. The maximum atomic E-state index is 9.74. The van der Waals surface area contributed by atoms with E-state index in [4.69, 9.17) is 11.6 Å². The van der Waals surface area contributed by atoms with Crippen LogP contribution in [0.5, 0.6) is 0 Å². The molecule has 13 heavy (non-hydrogen) atoms. The number of aliphatic hydroxyl groups is 1. The van der Waals surface area contributed by atoms with Gasteiger partial charge in [-0.2, -0.15) is 0 Å². The molecule has 1 heterocycles. The monoisotopic (exact) mass is 206 g/mol. The van der Waals surface area contributed by atoms with Crippen LogP contribution in [0.3, 0.4) is 0 Å². The lowest BCUT2D eigenvalue weighted by atomic mass is 10.2. The van der Waals surface area contributed by atoms with Crippen molar-refractivity contribution >= 4 is 11.6 Å². The van der Waals surface area contributed by atoms with E-state index >= 15 is 0 Å². The molecule has 1 rings (SSSR count). The number of piperazine rings is 1. The third-order valence-electron chi connectivity index (χ3n) is 2.57. The summed E-state index contributed by atoms with van der Waals surface area (Å²) in [5.74, 6) is 0.681. The van der Waals surface area contributed by atoms with Crippen LogP contribution < -0.4 is 0 Å². The summed E-state index contributed by atoms with van der Waals surface area (Å²) in [6.45, 7) is 6.88. The first-order chi connectivity index (χ1) is 6.27. The van der Waals surface area contributed by atoms with Gasteiger partial charge in [0.15, 0.2) is 0 Å². The van der Waals surface area contributed by atoms with Crippen molar-refractivity contribution in [1.82, 2.24) is 9.80 Å². The third kappa shape index (κ3) is 3.43. The van der Waals surface area contributed by atoms with Gasteiger partial charge in [-0.05, 0) is 13.0 Å². The average Bonchev–Trinajstić information content (AvgIpc) is 2.16. The van der Waals surface area contributed by atoms with Crippen LogP contribution in [-0.4, -0.2) is 59.7 Å². The van der Waals surface area contributed by atoms with Crippen LogP contribution in [0, 0.1) is 0 Å². The Morgan fingerprint density at radius 3 is 2.77 bits per heavy atom. The second kappa shape index (κ2) is 5.81. The Labute approximate surface area is 85.3 Å². The summed E-state index contributed by atoms with van der Waals surface area (Å²) >= 11 is 5.61. The molecule has 4 heteroatoms. The van der Waals surface area contributed by atoms with Gasteiger partial charge in [0, 0.05) is 32.1 Å². The van der Waals surface area contributed by atoms with Crippen LogP contribution in [0.25, 0.3) is 0 Å². The molecule has 0 amide bonds. The van der Waals surface area contributed by atoms with E-state index in [9.17, 15) is 5.11 Å². The van der Waals surface area contributed by atoms with Gasteiger partial charge in [-0.15, -0.1) is 11.6 Å². The number of hydrogen-bond donors (Lipinski definition) is 1. The van der Waals surface area contributed by atoms with E-state index in [2.05, 4.69) is 16.7 Å². The number of alkyl halides is 1. The quantitative estimate of drug-likeness (QED) is 0.682. The number of aliphatic hydroxyl groups excluding tert-OH is 1. The van der Waals surface area contributed by atoms with Crippen LogP contribution in [0.1, 0.15) is 13.3 Å². The smallest absolute Gasteiger partial charge is 0.120 e. The molecule has 0 aromatic carbocycles. The van der Waals surface area contributed by atoms with E-state index in [1.54, 1.807) is 0 Å². The molecular formula is C9H19ClN2O. The van der Waals surface area contributed by atoms with E-state index in [1.165, 1.54) is 0 Å². The molecule has 1 saturated heterocycles. The van der Waals surface area contributed by atoms with Gasteiger partial charge < -0.3 is 5.11 Å². The van der Waals surface area contributed by atoms with Crippen LogP contribution in [0.15, 0.2) is 0 Å². The largest absolute Gasteiger partial charge is 0.377 e. The van der Waals surface area contributed by atoms with Gasteiger partial charge in [0.2, 0.25) is 0 Å². The molecule has 0 saturated carbocycles. The zero-order valence-corrected chi connectivity index (χ0v) is 9.00. The summed E-state index contributed by atoms with van der Waals surface area (Å²) in [5, 5.41) is 9.74. The Bertz CT molecular complexity index is 146. The van der Waals surface area contributed by atoms with E-state index < -0.39 is 0 Å². The summed E-state index contributed by atoms with van der Waals surface area (Å²) in [7, 11) is 0. The highest BCUT2D eigenvalue weighted by Crippen LogP contribution is 2.07. The fraction of sp³-hybridized carbons (Fsp3) is 1.00. The molecule has 1 unspecified atom stereocenters. The first-order valence-corrected chi connectivity index (χ1v) is 5.51. The minimum absolute atomic E-state index is 0.295. The molecule has 1 fully saturated rings. The molecule has 0 radical (unpaired) electrons. The van der Waals surface area contributed by atoms with Gasteiger partial charge in [0.1, 0.15) is 6.23 Å². The van der Waals surface area contributed by atoms with Gasteiger partial charge in [0.25, 0.3) is 0 Å². The number of likely N-dealkylation sites (N-methyl/N-ethyl adjacent to an activating group) is 1. The van der Waals surface area contributed by atoms with Crippen LogP contribution in [0.2, 0.25) is 0 Å². The molecule has 1 N–H and O–H groups in total. The molecule has 1 atom stereocenters. The highest BCUT2D eigenvalue weighted by atomic mass is 35.5. The highest BCUT2D eigenvalue weighted by molar-refractivity contribution is 6.17. The van der Waals surface area contributed by atoms with Gasteiger partial charge >= 0.3 is 0 Å². The molecule has 0 spiro atoms. The fourth-order valence-electron chi connectivity index (χ4n) is 1.67. The lowest BCUT2D eigenvalue weighted by Gasteiger charge is -2.38. The zero-order valence-electron chi connectivity index (χ0n) is 8.25. The number of nitrogens with zero attached hydrogens (tertiary/aromatic N) is 2. The van der Waals surface area contributed by atoms with Crippen molar-refractivity contribution in [3.8, 4) is 0 Å². The summed E-state index contributed by atoms with van der Waals surface area (Å²) < 4.78 is 0. The summed E-state index contributed by atoms with van der Waals surface area (Å²) in [6.07, 6.45) is 0.669. The summed E-state index contributed by atoms with van der Waals surface area (Å²) in [5.41, 5.74) is 0. The van der Waals surface area contributed by atoms with E-state index in [0.29, 0.717) is 5.88 Å². The molecule has 0 aliphatic carbocycles.